The molecule has 0 bridgehead atoms. The summed E-state index contributed by atoms with van der Waals surface area (Å²) in [6, 6.07) is 0. The average Bonchev–Trinajstić information content (AvgIpc) is 2.43. The lowest BCUT2D eigenvalue weighted by molar-refractivity contribution is 0.609. The zero-order chi connectivity index (χ0) is 14.2. The van der Waals surface area contributed by atoms with Crippen LogP contribution < -0.4 is 0 Å². The Morgan fingerprint density at radius 2 is 1.16 bits per heavy atom. The van der Waals surface area contributed by atoms with Crippen LogP contribution in [0.3, 0.4) is 0 Å². The summed E-state index contributed by atoms with van der Waals surface area (Å²) >= 11 is -0.352. The van der Waals surface area contributed by atoms with Crippen LogP contribution in [0.5, 0.6) is 0 Å². The second-order valence-corrected chi connectivity index (χ2v) is 9.60. The van der Waals surface area contributed by atoms with Crippen LogP contribution in [0.25, 0.3) is 0 Å². The summed E-state index contributed by atoms with van der Waals surface area (Å²) in [4.78, 5) is 0. The SMILES string of the molecule is C=CCCCCCCC[CH2][Al]([CH2]CCC)[CH2]CCC. The Balaban J connectivity index is 3.42. The van der Waals surface area contributed by atoms with E-state index in [2.05, 4.69) is 26.5 Å². The molecule has 0 aliphatic carbocycles. The minimum atomic E-state index is -0.352. The molecule has 0 atom stereocenters. The van der Waals surface area contributed by atoms with E-state index in [0.717, 1.165) is 0 Å². The Labute approximate surface area is 127 Å². The van der Waals surface area contributed by atoms with Gasteiger partial charge >= 0.3 is 0 Å². The van der Waals surface area contributed by atoms with Crippen molar-refractivity contribution in [3.05, 3.63) is 12.7 Å². The lowest BCUT2D eigenvalue weighted by Gasteiger charge is -2.10. The monoisotopic (exact) mass is 280 g/mol. The van der Waals surface area contributed by atoms with Crippen LogP contribution in [0.15, 0.2) is 12.7 Å². The van der Waals surface area contributed by atoms with Crippen LogP contribution in [-0.2, 0) is 0 Å². The zero-order valence-electron chi connectivity index (χ0n) is 13.8. The van der Waals surface area contributed by atoms with Crippen molar-refractivity contribution < 1.29 is 0 Å². The number of hydrogen-bond donors (Lipinski definition) is 0. The predicted octanol–water partition coefficient (Wildman–Crippen LogP) is 7.00. The quantitative estimate of drug-likeness (QED) is 0.172. The number of rotatable bonds is 15. The molecule has 0 saturated heterocycles. The van der Waals surface area contributed by atoms with E-state index in [-0.39, 0.29) is 14.1 Å². The first-order valence-corrected chi connectivity index (χ1v) is 11.4. The molecule has 0 N–H and O–H groups in total. The highest BCUT2D eigenvalue weighted by molar-refractivity contribution is 6.58. The van der Waals surface area contributed by atoms with E-state index in [1.807, 2.05) is 0 Å². The van der Waals surface area contributed by atoms with E-state index in [1.165, 1.54) is 70.6 Å². The molecule has 0 aromatic rings. The van der Waals surface area contributed by atoms with Gasteiger partial charge in [-0.05, 0) is 12.8 Å². The fourth-order valence-corrected chi connectivity index (χ4v) is 6.55. The number of allylic oxidation sites excluding steroid dienone is 1. The zero-order valence-corrected chi connectivity index (χ0v) is 14.9. The smallest absolute Gasteiger partial charge is 0.103 e. The maximum atomic E-state index is 3.78. The maximum Gasteiger partial charge on any atom is 0.261 e. The van der Waals surface area contributed by atoms with Gasteiger partial charge in [0.15, 0.2) is 0 Å². The van der Waals surface area contributed by atoms with Gasteiger partial charge in [-0.3, -0.25) is 0 Å². The second kappa shape index (κ2) is 16.3. The van der Waals surface area contributed by atoms with Crippen LogP contribution in [0.1, 0.15) is 84.5 Å². The Morgan fingerprint density at radius 1 is 0.684 bits per heavy atom. The molecule has 0 aromatic carbocycles. The van der Waals surface area contributed by atoms with Gasteiger partial charge in [0.25, 0.3) is 14.1 Å². The molecule has 0 nitrogen and oxygen atoms in total. The molecule has 0 amide bonds. The Kier molecular flexibility index (Phi) is 16.6. The Morgan fingerprint density at radius 3 is 1.68 bits per heavy atom. The third kappa shape index (κ3) is 14.5. The van der Waals surface area contributed by atoms with E-state index < -0.39 is 0 Å². The van der Waals surface area contributed by atoms with Crippen molar-refractivity contribution in [3.8, 4) is 0 Å². The van der Waals surface area contributed by atoms with Crippen molar-refractivity contribution in [1.82, 2.24) is 0 Å². The summed E-state index contributed by atoms with van der Waals surface area (Å²) in [7, 11) is 0. The summed E-state index contributed by atoms with van der Waals surface area (Å²) in [5.41, 5.74) is 0. The number of hydrogen-bond acceptors (Lipinski definition) is 0. The molecular formula is C18H37Al. The largest absolute Gasteiger partial charge is 0.261 e. The average molecular weight is 280 g/mol. The highest BCUT2D eigenvalue weighted by atomic mass is 27.2. The van der Waals surface area contributed by atoms with E-state index in [4.69, 9.17) is 0 Å². The van der Waals surface area contributed by atoms with Crippen LogP contribution in [-0.4, -0.2) is 14.1 Å². The molecule has 0 spiro atoms. The molecule has 0 saturated carbocycles. The Bertz CT molecular complexity index is 169. The van der Waals surface area contributed by atoms with Gasteiger partial charge in [-0.25, -0.2) is 0 Å². The molecule has 0 rings (SSSR count). The normalized spacial score (nSPS) is 10.6. The van der Waals surface area contributed by atoms with Crippen molar-refractivity contribution >= 4 is 14.1 Å². The minimum absolute atomic E-state index is 0.352. The lowest BCUT2D eigenvalue weighted by Crippen LogP contribution is -2.11. The summed E-state index contributed by atoms with van der Waals surface area (Å²) in [5, 5.41) is 4.87. The molecule has 0 aliphatic rings. The third-order valence-electron chi connectivity index (χ3n) is 4.20. The number of unbranched alkanes of at least 4 members (excludes halogenated alkanes) is 8. The topological polar surface area (TPSA) is 0 Å². The van der Waals surface area contributed by atoms with Crippen LogP contribution >= 0.6 is 0 Å². The van der Waals surface area contributed by atoms with Crippen molar-refractivity contribution in [2.24, 2.45) is 0 Å². The molecule has 0 heterocycles. The molecular weight excluding hydrogens is 243 g/mol. The van der Waals surface area contributed by atoms with Gasteiger partial charge in [-0.2, -0.15) is 0 Å². The predicted molar refractivity (Wildman–Crippen MR) is 92.5 cm³/mol. The lowest BCUT2D eigenvalue weighted by atomic mass is 10.1. The summed E-state index contributed by atoms with van der Waals surface area (Å²) in [5.74, 6) is 0. The Hall–Kier alpha value is 0.272. The highest BCUT2D eigenvalue weighted by Gasteiger charge is 2.14. The van der Waals surface area contributed by atoms with Gasteiger partial charge in [0.1, 0.15) is 0 Å². The van der Waals surface area contributed by atoms with Crippen LogP contribution in [0.2, 0.25) is 15.8 Å². The van der Waals surface area contributed by atoms with Gasteiger partial charge < -0.3 is 0 Å². The molecule has 112 valence electrons. The van der Waals surface area contributed by atoms with Gasteiger partial charge in [0, 0.05) is 0 Å². The first-order valence-electron chi connectivity index (χ1n) is 8.96. The van der Waals surface area contributed by atoms with E-state index in [1.54, 1.807) is 15.8 Å². The van der Waals surface area contributed by atoms with Gasteiger partial charge in [0.05, 0.1) is 0 Å². The van der Waals surface area contributed by atoms with Gasteiger partial charge in [0.2, 0.25) is 0 Å². The first kappa shape index (κ1) is 19.3. The molecule has 1 heteroatoms. The summed E-state index contributed by atoms with van der Waals surface area (Å²) in [6.07, 6.45) is 17.8. The molecule has 0 fully saturated rings. The van der Waals surface area contributed by atoms with Crippen molar-refractivity contribution in [1.29, 1.82) is 0 Å². The van der Waals surface area contributed by atoms with Gasteiger partial charge in [-0.1, -0.05) is 93.6 Å². The fourth-order valence-electron chi connectivity index (χ4n) is 2.85. The van der Waals surface area contributed by atoms with Gasteiger partial charge in [-0.15, -0.1) is 6.58 Å². The van der Waals surface area contributed by atoms with Crippen LogP contribution in [0.4, 0.5) is 0 Å². The van der Waals surface area contributed by atoms with Crippen molar-refractivity contribution in [3.63, 3.8) is 0 Å². The summed E-state index contributed by atoms with van der Waals surface area (Å²) < 4.78 is 0. The van der Waals surface area contributed by atoms with Crippen molar-refractivity contribution in [2.45, 2.75) is 100 Å². The fraction of sp³-hybridized carbons (Fsp3) is 0.889. The second-order valence-electron chi connectivity index (χ2n) is 6.14. The van der Waals surface area contributed by atoms with Crippen LogP contribution in [0, 0.1) is 0 Å². The van der Waals surface area contributed by atoms with E-state index in [9.17, 15) is 0 Å². The maximum absolute atomic E-state index is 3.78. The molecule has 0 aromatic heterocycles. The van der Waals surface area contributed by atoms with E-state index in [0.29, 0.717) is 0 Å². The van der Waals surface area contributed by atoms with Crippen molar-refractivity contribution in [2.75, 3.05) is 0 Å². The molecule has 19 heavy (non-hydrogen) atoms. The minimum Gasteiger partial charge on any atom is -0.103 e. The third-order valence-corrected chi connectivity index (χ3v) is 7.88. The first-order chi connectivity index (χ1) is 9.35. The summed E-state index contributed by atoms with van der Waals surface area (Å²) in [6.45, 7) is 8.46. The molecule has 0 radical (unpaired) electrons. The highest BCUT2D eigenvalue weighted by Crippen LogP contribution is 2.18. The molecule has 0 unspecified atom stereocenters. The molecule has 0 aliphatic heterocycles. The van der Waals surface area contributed by atoms with E-state index >= 15 is 0 Å². The standard InChI is InChI=1S/C10H19.2C4H9.Al/c1-3-5-7-9-10-8-6-4-2;2*1-3-4-2;/h3H,1-2,4-10H2;2*1,3-4H2,2H3;.